The first-order chi connectivity index (χ1) is 6.74. The lowest BCUT2D eigenvalue weighted by Crippen LogP contribution is -2.00. The Morgan fingerprint density at radius 3 is 2.86 bits per heavy atom. The third kappa shape index (κ3) is 3.34. The van der Waals surface area contributed by atoms with E-state index in [1.807, 2.05) is 0 Å². The molecule has 0 N–H and O–H groups in total. The fourth-order valence-corrected chi connectivity index (χ4v) is 1.30. The minimum absolute atomic E-state index is 0.273. The summed E-state index contributed by atoms with van der Waals surface area (Å²) in [5, 5.41) is 4.32. The van der Waals surface area contributed by atoms with Gasteiger partial charge < -0.3 is 4.74 Å². The molecule has 14 heavy (non-hydrogen) atoms. The zero-order valence-corrected chi connectivity index (χ0v) is 8.66. The van der Waals surface area contributed by atoms with Gasteiger partial charge in [0.15, 0.2) is 0 Å². The first-order valence-corrected chi connectivity index (χ1v) is 4.58. The Morgan fingerprint density at radius 1 is 1.43 bits per heavy atom. The van der Waals surface area contributed by atoms with Gasteiger partial charge in [-0.2, -0.15) is 0 Å². The number of nitrogens with zero attached hydrogens (tertiary/aromatic N) is 3. The highest BCUT2D eigenvalue weighted by Gasteiger charge is 2.00. The second-order valence-electron chi connectivity index (χ2n) is 2.38. The van der Waals surface area contributed by atoms with Crippen LogP contribution in [0.15, 0.2) is 23.3 Å². The molecule has 0 aliphatic heterocycles. The number of hydrogen-bond donors (Lipinski definition) is 0. The zero-order valence-electron chi connectivity index (χ0n) is 7.15. The van der Waals surface area contributed by atoms with Gasteiger partial charge >= 0.3 is 0 Å². The molecule has 0 bridgehead atoms. The van der Waals surface area contributed by atoms with Crippen LogP contribution >= 0.6 is 23.2 Å². The molecule has 4 nitrogen and oxygen atoms in total. The average Bonchev–Trinajstić information content (AvgIpc) is 2.15. The van der Waals surface area contributed by atoms with Gasteiger partial charge in [0.05, 0.1) is 18.2 Å². The summed E-state index contributed by atoms with van der Waals surface area (Å²) in [6.07, 6.45) is 0. The average molecular weight is 232 g/mol. The third-order valence-electron chi connectivity index (χ3n) is 1.41. The number of ether oxygens (including phenoxy) is 1. The number of azide groups is 1. The van der Waals surface area contributed by atoms with E-state index < -0.39 is 0 Å². The molecule has 0 fully saturated rings. The quantitative estimate of drug-likeness (QED) is 0.338. The lowest BCUT2D eigenvalue weighted by Gasteiger charge is -2.05. The third-order valence-corrected chi connectivity index (χ3v) is 1.94. The van der Waals surface area contributed by atoms with Gasteiger partial charge in [-0.15, -0.1) is 0 Å². The topological polar surface area (TPSA) is 58.0 Å². The molecule has 6 heteroatoms. The van der Waals surface area contributed by atoms with Crippen LogP contribution in [0.4, 0.5) is 0 Å². The molecule has 1 aromatic carbocycles. The summed E-state index contributed by atoms with van der Waals surface area (Å²) >= 11 is 11.5. The molecule has 1 rings (SSSR count). The van der Waals surface area contributed by atoms with Gasteiger partial charge in [-0.25, -0.2) is 0 Å². The van der Waals surface area contributed by atoms with Crippen molar-refractivity contribution in [2.24, 2.45) is 5.11 Å². The van der Waals surface area contributed by atoms with Crippen molar-refractivity contribution >= 4 is 23.2 Å². The highest BCUT2D eigenvalue weighted by molar-refractivity contribution is 6.35. The molecule has 0 aromatic heterocycles. The van der Waals surface area contributed by atoms with Crippen molar-refractivity contribution in [1.29, 1.82) is 0 Å². The van der Waals surface area contributed by atoms with Crippen molar-refractivity contribution in [3.05, 3.63) is 38.7 Å². The van der Waals surface area contributed by atoms with Crippen molar-refractivity contribution < 1.29 is 4.74 Å². The van der Waals surface area contributed by atoms with E-state index in [-0.39, 0.29) is 6.54 Å². The highest BCUT2D eigenvalue weighted by Crippen LogP contribution is 2.27. The van der Waals surface area contributed by atoms with Crippen LogP contribution in [0.2, 0.25) is 10.0 Å². The lowest BCUT2D eigenvalue weighted by molar-refractivity contribution is 0.328. The summed E-state index contributed by atoms with van der Waals surface area (Å²) in [4.78, 5) is 2.59. The molecule has 0 spiro atoms. The first kappa shape index (κ1) is 11.0. The maximum atomic E-state index is 8.01. The number of hydrogen-bond acceptors (Lipinski definition) is 2. The maximum Gasteiger partial charge on any atom is 0.137 e. The van der Waals surface area contributed by atoms with Crippen LogP contribution in [0.1, 0.15) is 0 Å². The van der Waals surface area contributed by atoms with Gasteiger partial charge in [0, 0.05) is 9.93 Å². The van der Waals surface area contributed by atoms with Gasteiger partial charge in [-0.05, 0) is 23.7 Å². The second kappa shape index (κ2) is 5.60. The molecular weight excluding hydrogens is 225 g/mol. The Hall–Kier alpha value is -1.09. The van der Waals surface area contributed by atoms with Crippen LogP contribution in [0.25, 0.3) is 10.4 Å². The van der Waals surface area contributed by atoms with E-state index in [0.29, 0.717) is 22.4 Å². The van der Waals surface area contributed by atoms with Crippen LogP contribution in [0.3, 0.4) is 0 Å². The Kier molecular flexibility index (Phi) is 4.40. The molecule has 0 saturated carbocycles. The van der Waals surface area contributed by atoms with Crippen LogP contribution in [-0.4, -0.2) is 13.2 Å². The second-order valence-corrected chi connectivity index (χ2v) is 3.22. The molecule has 0 aliphatic rings. The van der Waals surface area contributed by atoms with Crippen LogP contribution in [0.5, 0.6) is 5.75 Å². The summed E-state index contributed by atoms with van der Waals surface area (Å²) in [5.41, 5.74) is 8.01. The smallest absolute Gasteiger partial charge is 0.137 e. The minimum Gasteiger partial charge on any atom is -0.492 e. The zero-order chi connectivity index (χ0) is 10.4. The van der Waals surface area contributed by atoms with E-state index in [1.54, 1.807) is 18.2 Å². The van der Waals surface area contributed by atoms with Gasteiger partial charge in [0.25, 0.3) is 0 Å². The van der Waals surface area contributed by atoms with Crippen molar-refractivity contribution in [3.63, 3.8) is 0 Å². The SMILES string of the molecule is [N-]=[N+]=NCCOc1ccc(Cl)cc1Cl. The largest absolute Gasteiger partial charge is 0.492 e. The van der Waals surface area contributed by atoms with E-state index in [1.165, 1.54) is 0 Å². The van der Waals surface area contributed by atoms with E-state index >= 15 is 0 Å². The van der Waals surface area contributed by atoms with Gasteiger partial charge in [-0.3, -0.25) is 0 Å². The minimum atomic E-state index is 0.273. The molecule has 74 valence electrons. The molecule has 0 atom stereocenters. The molecule has 0 heterocycles. The maximum absolute atomic E-state index is 8.01. The summed E-state index contributed by atoms with van der Waals surface area (Å²) < 4.78 is 5.24. The molecule has 0 amide bonds. The predicted molar refractivity (Wildman–Crippen MR) is 56.0 cm³/mol. The van der Waals surface area contributed by atoms with Crippen molar-refractivity contribution in [2.75, 3.05) is 13.2 Å². The van der Waals surface area contributed by atoms with Gasteiger partial charge in [0.2, 0.25) is 0 Å². The Balaban J connectivity index is 2.54. The predicted octanol–water partition coefficient (Wildman–Crippen LogP) is 3.68. The van der Waals surface area contributed by atoms with E-state index in [0.717, 1.165) is 0 Å². The Labute approximate surface area is 91.0 Å². The first-order valence-electron chi connectivity index (χ1n) is 3.83. The summed E-state index contributed by atoms with van der Waals surface area (Å²) in [5.74, 6) is 0.532. The molecule has 0 aliphatic carbocycles. The van der Waals surface area contributed by atoms with Crippen LogP contribution in [0, 0.1) is 0 Å². The molecular formula is C8H7Cl2N3O. The summed E-state index contributed by atoms with van der Waals surface area (Å²) in [6, 6.07) is 4.93. The van der Waals surface area contributed by atoms with Gasteiger partial charge in [0.1, 0.15) is 5.75 Å². The van der Waals surface area contributed by atoms with Crippen molar-refractivity contribution in [1.82, 2.24) is 0 Å². The fraction of sp³-hybridized carbons (Fsp3) is 0.250. The monoisotopic (exact) mass is 231 g/mol. The fourth-order valence-electron chi connectivity index (χ4n) is 0.833. The van der Waals surface area contributed by atoms with Crippen molar-refractivity contribution in [2.45, 2.75) is 0 Å². The van der Waals surface area contributed by atoms with Crippen LogP contribution in [-0.2, 0) is 0 Å². The standard InChI is InChI=1S/C8H7Cl2N3O/c9-6-1-2-8(7(10)5-6)14-4-3-12-13-11/h1-2,5H,3-4H2. The van der Waals surface area contributed by atoms with E-state index in [9.17, 15) is 0 Å². The molecule has 1 aromatic rings. The normalized spacial score (nSPS) is 9.29. The highest BCUT2D eigenvalue weighted by atomic mass is 35.5. The lowest BCUT2D eigenvalue weighted by atomic mass is 10.3. The number of rotatable bonds is 4. The Bertz CT molecular complexity index is 364. The van der Waals surface area contributed by atoms with Crippen LogP contribution < -0.4 is 4.74 Å². The van der Waals surface area contributed by atoms with Crippen molar-refractivity contribution in [3.8, 4) is 5.75 Å². The molecule has 0 saturated heterocycles. The summed E-state index contributed by atoms with van der Waals surface area (Å²) in [6.45, 7) is 0.570. The number of benzene rings is 1. The molecule has 0 unspecified atom stereocenters. The van der Waals surface area contributed by atoms with Gasteiger partial charge in [-0.1, -0.05) is 28.3 Å². The number of halogens is 2. The van der Waals surface area contributed by atoms with E-state index in [2.05, 4.69) is 10.0 Å². The summed E-state index contributed by atoms with van der Waals surface area (Å²) in [7, 11) is 0. The Morgan fingerprint density at radius 2 is 2.21 bits per heavy atom. The molecule has 0 radical (unpaired) electrons. The van der Waals surface area contributed by atoms with E-state index in [4.69, 9.17) is 33.5 Å².